The monoisotopic (exact) mass is 317 g/mol. The molecule has 0 bridgehead atoms. The van der Waals surface area contributed by atoms with E-state index < -0.39 is 0 Å². The molecule has 3 rings (SSSR count). The molecule has 0 atom stereocenters. The van der Waals surface area contributed by atoms with Crippen LogP contribution >= 0.6 is 22.9 Å². The standard InChI is InChI=1S/C15H12ClN3OS/c1-17-14-12(16)7-10(8-18-14)15(20)19-11-2-3-13-9(6-11)4-5-21-13/h2-8H,1H3,(H,17,18)(H,19,20). The molecular formula is C15H12ClN3OS. The molecule has 0 radical (unpaired) electrons. The third-order valence-corrected chi connectivity index (χ3v) is 4.24. The summed E-state index contributed by atoms with van der Waals surface area (Å²) in [5.41, 5.74) is 1.17. The summed E-state index contributed by atoms with van der Waals surface area (Å²) in [6.45, 7) is 0. The molecular weight excluding hydrogens is 306 g/mol. The van der Waals surface area contributed by atoms with Crippen LogP contribution < -0.4 is 10.6 Å². The highest BCUT2D eigenvalue weighted by Crippen LogP contribution is 2.25. The number of thiophene rings is 1. The maximum atomic E-state index is 12.2. The molecule has 4 nitrogen and oxygen atoms in total. The largest absolute Gasteiger partial charge is 0.372 e. The van der Waals surface area contributed by atoms with Gasteiger partial charge in [-0.1, -0.05) is 11.6 Å². The van der Waals surface area contributed by atoms with Crippen LogP contribution in [-0.4, -0.2) is 17.9 Å². The first kappa shape index (κ1) is 13.9. The second kappa shape index (κ2) is 5.71. The second-order valence-electron chi connectivity index (χ2n) is 4.43. The zero-order valence-electron chi connectivity index (χ0n) is 11.2. The predicted octanol–water partition coefficient (Wildman–Crippen LogP) is 4.24. The Bertz CT molecular complexity index is 816. The van der Waals surface area contributed by atoms with Crippen LogP contribution in [0.3, 0.4) is 0 Å². The van der Waals surface area contributed by atoms with Crippen LogP contribution in [0.4, 0.5) is 11.5 Å². The summed E-state index contributed by atoms with van der Waals surface area (Å²) in [5.74, 6) is 0.314. The van der Waals surface area contributed by atoms with Crippen molar-refractivity contribution in [3.63, 3.8) is 0 Å². The number of aromatic nitrogens is 1. The predicted molar refractivity (Wildman–Crippen MR) is 88.6 cm³/mol. The molecule has 0 aliphatic rings. The third kappa shape index (κ3) is 2.84. The molecule has 0 aliphatic heterocycles. The first-order valence-electron chi connectivity index (χ1n) is 6.29. The van der Waals surface area contributed by atoms with Gasteiger partial charge < -0.3 is 10.6 Å². The summed E-state index contributed by atoms with van der Waals surface area (Å²) < 4.78 is 1.19. The van der Waals surface area contributed by atoms with Crippen molar-refractivity contribution in [2.24, 2.45) is 0 Å². The van der Waals surface area contributed by atoms with Crippen LogP contribution in [-0.2, 0) is 0 Å². The van der Waals surface area contributed by atoms with E-state index in [1.807, 2.05) is 29.6 Å². The Hall–Kier alpha value is -2.11. The number of hydrogen-bond donors (Lipinski definition) is 2. The number of carbonyl (C=O) groups excluding carboxylic acids is 1. The maximum Gasteiger partial charge on any atom is 0.257 e. The minimum Gasteiger partial charge on any atom is -0.372 e. The molecule has 0 saturated heterocycles. The van der Waals surface area contributed by atoms with E-state index in [4.69, 9.17) is 11.6 Å². The van der Waals surface area contributed by atoms with Gasteiger partial charge in [-0.25, -0.2) is 4.98 Å². The lowest BCUT2D eigenvalue weighted by Gasteiger charge is -2.07. The molecule has 6 heteroatoms. The Morgan fingerprint density at radius 1 is 1.29 bits per heavy atom. The molecule has 0 saturated carbocycles. The van der Waals surface area contributed by atoms with Crippen LogP contribution in [0.1, 0.15) is 10.4 Å². The molecule has 1 amide bonds. The topological polar surface area (TPSA) is 54.0 Å². The van der Waals surface area contributed by atoms with Crippen molar-refractivity contribution in [1.29, 1.82) is 0 Å². The zero-order chi connectivity index (χ0) is 14.8. The molecule has 0 aliphatic carbocycles. The zero-order valence-corrected chi connectivity index (χ0v) is 12.8. The van der Waals surface area contributed by atoms with Gasteiger partial charge in [0.2, 0.25) is 0 Å². The fourth-order valence-corrected chi connectivity index (χ4v) is 3.03. The lowest BCUT2D eigenvalue weighted by Crippen LogP contribution is -2.12. The van der Waals surface area contributed by atoms with E-state index in [-0.39, 0.29) is 5.91 Å². The van der Waals surface area contributed by atoms with Crippen molar-refractivity contribution >= 4 is 50.4 Å². The Kier molecular flexibility index (Phi) is 3.77. The highest BCUT2D eigenvalue weighted by Gasteiger charge is 2.10. The number of nitrogens with zero attached hydrogens (tertiary/aromatic N) is 1. The number of rotatable bonds is 3. The van der Waals surface area contributed by atoms with Gasteiger partial charge in [-0.2, -0.15) is 0 Å². The summed E-state index contributed by atoms with van der Waals surface area (Å²) in [7, 11) is 1.73. The Labute approximate surface area is 130 Å². The average molecular weight is 318 g/mol. The van der Waals surface area contributed by atoms with Crippen molar-refractivity contribution in [3.05, 3.63) is 52.5 Å². The van der Waals surface area contributed by atoms with Crippen LogP contribution in [0.15, 0.2) is 41.9 Å². The number of nitrogens with one attached hydrogen (secondary N) is 2. The maximum absolute atomic E-state index is 12.2. The molecule has 106 valence electrons. The van der Waals surface area contributed by atoms with E-state index >= 15 is 0 Å². The number of anilines is 2. The molecule has 2 heterocycles. The van der Waals surface area contributed by atoms with Gasteiger partial charge in [-0.15, -0.1) is 11.3 Å². The minimum absolute atomic E-state index is 0.235. The van der Waals surface area contributed by atoms with E-state index in [1.54, 1.807) is 24.5 Å². The van der Waals surface area contributed by atoms with E-state index in [0.29, 0.717) is 16.4 Å². The average Bonchev–Trinajstić information content (AvgIpc) is 2.94. The Balaban J connectivity index is 1.83. The lowest BCUT2D eigenvalue weighted by molar-refractivity contribution is 0.102. The van der Waals surface area contributed by atoms with Gasteiger partial charge in [0, 0.05) is 23.6 Å². The first-order chi connectivity index (χ1) is 10.2. The number of carbonyl (C=O) groups is 1. The molecule has 0 fully saturated rings. The third-order valence-electron chi connectivity index (χ3n) is 3.05. The van der Waals surface area contributed by atoms with Crippen molar-refractivity contribution in [1.82, 2.24) is 4.98 Å². The van der Waals surface area contributed by atoms with Crippen LogP contribution in [0.2, 0.25) is 5.02 Å². The molecule has 0 unspecified atom stereocenters. The van der Waals surface area contributed by atoms with Gasteiger partial charge in [0.15, 0.2) is 0 Å². The van der Waals surface area contributed by atoms with E-state index in [1.165, 1.54) is 10.9 Å². The summed E-state index contributed by atoms with van der Waals surface area (Å²) in [6, 6.07) is 9.44. The highest BCUT2D eigenvalue weighted by atomic mass is 35.5. The van der Waals surface area contributed by atoms with Gasteiger partial charge >= 0.3 is 0 Å². The van der Waals surface area contributed by atoms with E-state index in [0.717, 1.165) is 11.1 Å². The van der Waals surface area contributed by atoms with Crippen LogP contribution in [0.5, 0.6) is 0 Å². The summed E-state index contributed by atoms with van der Waals surface area (Å²) in [6.07, 6.45) is 1.50. The number of hydrogen-bond acceptors (Lipinski definition) is 4. The molecule has 1 aromatic carbocycles. The van der Waals surface area contributed by atoms with Gasteiger partial charge in [0.1, 0.15) is 5.82 Å². The molecule has 0 spiro atoms. The summed E-state index contributed by atoms with van der Waals surface area (Å²) in [4.78, 5) is 16.3. The quantitative estimate of drug-likeness (QED) is 0.759. The number of fused-ring (bicyclic) bond motifs is 1. The molecule has 2 N–H and O–H groups in total. The van der Waals surface area contributed by atoms with Crippen LogP contribution in [0, 0.1) is 0 Å². The second-order valence-corrected chi connectivity index (χ2v) is 5.79. The number of amides is 1. The van der Waals surface area contributed by atoms with Crippen molar-refractivity contribution in [2.75, 3.05) is 17.7 Å². The minimum atomic E-state index is -0.235. The van der Waals surface area contributed by atoms with Crippen molar-refractivity contribution < 1.29 is 4.79 Å². The first-order valence-corrected chi connectivity index (χ1v) is 7.55. The fourth-order valence-electron chi connectivity index (χ4n) is 1.99. The van der Waals surface area contributed by atoms with Gasteiger partial charge in [0.05, 0.1) is 10.6 Å². The highest BCUT2D eigenvalue weighted by molar-refractivity contribution is 7.17. The van der Waals surface area contributed by atoms with Gasteiger partial charge in [-0.3, -0.25) is 4.79 Å². The van der Waals surface area contributed by atoms with Crippen LogP contribution in [0.25, 0.3) is 10.1 Å². The lowest BCUT2D eigenvalue weighted by atomic mass is 10.2. The van der Waals surface area contributed by atoms with E-state index in [9.17, 15) is 4.79 Å². The Morgan fingerprint density at radius 3 is 2.90 bits per heavy atom. The Morgan fingerprint density at radius 2 is 2.14 bits per heavy atom. The fraction of sp³-hybridized carbons (Fsp3) is 0.0667. The number of halogens is 1. The number of benzene rings is 1. The van der Waals surface area contributed by atoms with E-state index in [2.05, 4.69) is 15.6 Å². The molecule has 21 heavy (non-hydrogen) atoms. The number of pyridine rings is 1. The normalized spacial score (nSPS) is 10.6. The molecule has 3 aromatic rings. The van der Waals surface area contributed by atoms with Gasteiger partial charge in [0.25, 0.3) is 5.91 Å². The van der Waals surface area contributed by atoms with Gasteiger partial charge in [-0.05, 0) is 41.1 Å². The summed E-state index contributed by atoms with van der Waals surface area (Å²) >= 11 is 7.71. The summed E-state index contributed by atoms with van der Waals surface area (Å²) in [5, 5.41) is 9.26. The SMILES string of the molecule is CNc1ncc(C(=O)Nc2ccc3sccc3c2)cc1Cl. The van der Waals surface area contributed by atoms with Crippen molar-refractivity contribution in [3.8, 4) is 0 Å². The molecule has 2 aromatic heterocycles. The van der Waals surface area contributed by atoms with Crippen molar-refractivity contribution in [2.45, 2.75) is 0 Å². The smallest absolute Gasteiger partial charge is 0.257 e.